The molecule has 0 spiro atoms. The Labute approximate surface area is 103 Å². The lowest BCUT2D eigenvalue weighted by atomic mass is 10.1. The molecule has 1 unspecified atom stereocenters. The molecule has 98 valence electrons. The van der Waals surface area contributed by atoms with Gasteiger partial charge in [-0.1, -0.05) is 27.2 Å². The molecule has 0 N–H and O–H groups in total. The molecule has 0 aliphatic rings. The number of nitrogens with zero attached hydrogens (tertiary/aromatic N) is 2. The molecule has 0 aliphatic carbocycles. The normalized spacial score (nSPS) is 14.1. The average molecular weight is 228 g/mol. The first-order chi connectivity index (χ1) is 7.51. The SMILES string of the molecule is CCC(C)CCN(C)CCN(CC)C(C)C. The topological polar surface area (TPSA) is 6.48 Å². The van der Waals surface area contributed by atoms with Gasteiger partial charge >= 0.3 is 0 Å². The molecule has 0 aromatic heterocycles. The fourth-order valence-electron chi connectivity index (χ4n) is 1.84. The van der Waals surface area contributed by atoms with E-state index in [0.29, 0.717) is 6.04 Å². The van der Waals surface area contributed by atoms with Gasteiger partial charge in [0, 0.05) is 19.1 Å². The van der Waals surface area contributed by atoms with E-state index in [-0.39, 0.29) is 0 Å². The molecule has 0 amide bonds. The van der Waals surface area contributed by atoms with Crippen LogP contribution in [0.25, 0.3) is 0 Å². The Balaban J connectivity index is 3.67. The van der Waals surface area contributed by atoms with Crippen LogP contribution < -0.4 is 0 Å². The van der Waals surface area contributed by atoms with Gasteiger partial charge in [-0.05, 0) is 46.3 Å². The van der Waals surface area contributed by atoms with Crippen molar-refractivity contribution >= 4 is 0 Å². The zero-order valence-corrected chi connectivity index (χ0v) is 12.3. The highest BCUT2D eigenvalue weighted by Gasteiger charge is 2.08. The van der Waals surface area contributed by atoms with Crippen LogP contribution in [0.15, 0.2) is 0 Å². The van der Waals surface area contributed by atoms with Crippen LogP contribution in [0, 0.1) is 5.92 Å². The number of rotatable bonds is 9. The van der Waals surface area contributed by atoms with Crippen LogP contribution in [0.1, 0.15) is 47.5 Å². The van der Waals surface area contributed by atoms with Crippen molar-refractivity contribution in [2.45, 2.75) is 53.5 Å². The van der Waals surface area contributed by atoms with Gasteiger partial charge < -0.3 is 4.90 Å². The van der Waals surface area contributed by atoms with Gasteiger partial charge in [-0.15, -0.1) is 0 Å². The zero-order valence-electron chi connectivity index (χ0n) is 12.3. The summed E-state index contributed by atoms with van der Waals surface area (Å²) in [6, 6.07) is 0.674. The second-order valence-corrected chi connectivity index (χ2v) is 5.33. The summed E-state index contributed by atoms with van der Waals surface area (Å²) in [5.74, 6) is 0.870. The lowest BCUT2D eigenvalue weighted by Gasteiger charge is -2.27. The monoisotopic (exact) mass is 228 g/mol. The molecule has 2 nitrogen and oxygen atoms in total. The van der Waals surface area contributed by atoms with E-state index < -0.39 is 0 Å². The summed E-state index contributed by atoms with van der Waals surface area (Å²) in [6.07, 6.45) is 2.64. The van der Waals surface area contributed by atoms with E-state index in [1.807, 2.05) is 0 Å². The van der Waals surface area contributed by atoms with Crippen LogP contribution in [-0.2, 0) is 0 Å². The predicted octanol–water partition coefficient (Wildman–Crippen LogP) is 3.08. The maximum atomic E-state index is 2.53. The van der Waals surface area contributed by atoms with Crippen LogP contribution in [0.3, 0.4) is 0 Å². The number of hydrogen-bond acceptors (Lipinski definition) is 2. The van der Waals surface area contributed by atoms with Crippen molar-refractivity contribution in [3.8, 4) is 0 Å². The Bertz CT molecular complexity index is 157. The molecule has 0 aliphatic heterocycles. The van der Waals surface area contributed by atoms with E-state index in [2.05, 4.69) is 51.5 Å². The molecule has 0 heterocycles. The van der Waals surface area contributed by atoms with Crippen LogP contribution in [0.2, 0.25) is 0 Å². The van der Waals surface area contributed by atoms with E-state index in [1.54, 1.807) is 0 Å². The molecule has 0 fully saturated rings. The van der Waals surface area contributed by atoms with Crippen molar-refractivity contribution in [3.05, 3.63) is 0 Å². The zero-order chi connectivity index (χ0) is 12.6. The third kappa shape index (κ3) is 7.24. The Morgan fingerprint density at radius 1 is 0.938 bits per heavy atom. The van der Waals surface area contributed by atoms with Gasteiger partial charge in [0.25, 0.3) is 0 Å². The highest BCUT2D eigenvalue weighted by molar-refractivity contribution is 4.64. The first-order valence-electron chi connectivity index (χ1n) is 6.93. The predicted molar refractivity (Wildman–Crippen MR) is 74.0 cm³/mol. The summed E-state index contributed by atoms with van der Waals surface area (Å²) in [5, 5.41) is 0. The first-order valence-corrected chi connectivity index (χ1v) is 6.93. The molecule has 0 radical (unpaired) electrons. The van der Waals surface area contributed by atoms with Crippen LogP contribution >= 0.6 is 0 Å². The van der Waals surface area contributed by atoms with E-state index in [0.717, 1.165) is 12.5 Å². The van der Waals surface area contributed by atoms with Crippen molar-refractivity contribution in [2.24, 2.45) is 5.92 Å². The number of likely N-dealkylation sites (N-methyl/N-ethyl adjacent to an activating group) is 2. The van der Waals surface area contributed by atoms with Crippen molar-refractivity contribution in [1.29, 1.82) is 0 Å². The maximum absolute atomic E-state index is 2.53. The van der Waals surface area contributed by atoms with E-state index >= 15 is 0 Å². The highest BCUT2D eigenvalue weighted by atomic mass is 15.2. The second-order valence-electron chi connectivity index (χ2n) is 5.33. The van der Waals surface area contributed by atoms with E-state index in [4.69, 9.17) is 0 Å². The van der Waals surface area contributed by atoms with Crippen LogP contribution in [-0.4, -0.2) is 49.1 Å². The van der Waals surface area contributed by atoms with Gasteiger partial charge in [-0.25, -0.2) is 0 Å². The van der Waals surface area contributed by atoms with Gasteiger partial charge in [0.2, 0.25) is 0 Å². The minimum absolute atomic E-state index is 0.674. The van der Waals surface area contributed by atoms with Crippen molar-refractivity contribution in [1.82, 2.24) is 9.80 Å². The van der Waals surface area contributed by atoms with Gasteiger partial charge in [0.05, 0.1) is 0 Å². The summed E-state index contributed by atoms with van der Waals surface area (Å²) in [7, 11) is 2.25. The average Bonchev–Trinajstić information content (AvgIpc) is 2.26. The third-order valence-electron chi connectivity index (χ3n) is 3.61. The highest BCUT2D eigenvalue weighted by Crippen LogP contribution is 2.07. The molecule has 0 saturated carbocycles. The minimum Gasteiger partial charge on any atom is -0.305 e. The maximum Gasteiger partial charge on any atom is 0.0112 e. The summed E-state index contributed by atoms with van der Waals surface area (Å²) >= 11 is 0. The summed E-state index contributed by atoms with van der Waals surface area (Å²) < 4.78 is 0. The summed E-state index contributed by atoms with van der Waals surface area (Å²) in [5.41, 5.74) is 0. The molecular formula is C14H32N2. The van der Waals surface area contributed by atoms with Gasteiger partial charge in [-0.3, -0.25) is 4.90 Å². The van der Waals surface area contributed by atoms with Crippen molar-refractivity contribution in [2.75, 3.05) is 33.2 Å². The quantitative estimate of drug-likeness (QED) is 0.598. The van der Waals surface area contributed by atoms with Gasteiger partial charge in [0.15, 0.2) is 0 Å². The Kier molecular flexibility index (Phi) is 8.96. The molecule has 16 heavy (non-hydrogen) atoms. The lowest BCUT2D eigenvalue weighted by molar-refractivity contribution is 0.193. The third-order valence-corrected chi connectivity index (χ3v) is 3.61. The summed E-state index contributed by atoms with van der Waals surface area (Å²) in [4.78, 5) is 5.00. The molecular weight excluding hydrogens is 196 g/mol. The number of hydrogen-bond donors (Lipinski definition) is 0. The lowest BCUT2D eigenvalue weighted by Crippen LogP contribution is -2.37. The summed E-state index contributed by atoms with van der Waals surface area (Å²) in [6.45, 7) is 16.2. The molecule has 0 aromatic rings. The fraction of sp³-hybridized carbons (Fsp3) is 1.00. The van der Waals surface area contributed by atoms with Gasteiger partial charge in [-0.2, -0.15) is 0 Å². The largest absolute Gasteiger partial charge is 0.305 e. The molecule has 0 saturated heterocycles. The van der Waals surface area contributed by atoms with Crippen molar-refractivity contribution < 1.29 is 0 Å². The minimum atomic E-state index is 0.674. The van der Waals surface area contributed by atoms with Crippen LogP contribution in [0.5, 0.6) is 0 Å². The molecule has 2 heteroatoms. The molecule has 0 rings (SSSR count). The fourth-order valence-corrected chi connectivity index (χ4v) is 1.84. The Morgan fingerprint density at radius 2 is 1.56 bits per heavy atom. The van der Waals surface area contributed by atoms with Crippen LogP contribution in [0.4, 0.5) is 0 Å². The molecule has 0 bridgehead atoms. The first kappa shape index (κ1) is 15.9. The second kappa shape index (κ2) is 9.00. The van der Waals surface area contributed by atoms with Crippen molar-refractivity contribution in [3.63, 3.8) is 0 Å². The van der Waals surface area contributed by atoms with E-state index in [9.17, 15) is 0 Å². The Morgan fingerprint density at radius 3 is 2.00 bits per heavy atom. The molecule has 0 aromatic carbocycles. The standard InChI is InChI=1S/C14H32N2/c1-7-14(5)9-10-15(6)11-12-16(8-2)13(3)4/h13-14H,7-12H2,1-6H3. The van der Waals surface area contributed by atoms with E-state index in [1.165, 1.54) is 32.5 Å². The smallest absolute Gasteiger partial charge is 0.0112 e. The molecule has 1 atom stereocenters. The Hall–Kier alpha value is -0.0800. The van der Waals surface area contributed by atoms with Gasteiger partial charge in [0.1, 0.15) is 0 Å².